The Balaban J connectivity index is 2.09. The van der Waals surface area contributed by atoms with E-state index in [-0.39, 0.29) is 10.6 Å². The van der Waals surface area contributed by atoms with Crippen LogP contribution in [0.2, 0.25) is 0 Å². The van der Waals surface area contributed by atoms with E-state index in [1.54, 1.807) is 17.4 Å². The summed E-state index contributed by atoms with van der Waals surface area (Å²) < 4.78 is 1.27. The number of thiophene rings is 1. The summed E-state index contributed by atoms with van der Waals surface area (Å²) in [5.74, 6) is 0. The first-order valence-corrected chi connectivity index (χ1v) is 8.26. The fourth-order valence-electron chi connectivity index (χ4n) is 3.48. The van der Waals surface area contributed by atoms with Crippen LogP contribution < -0.4 is 0 Å². The quantitative estimate of drug-likeness (QED) is 0.454. The first kappa shape index (κ1) is 13.5. The van der Waals surface area contributed by atoms with Crippen molar-refractivity contribution in [3.8, 4) is 10.4 Å². The van der Waals surface area contributed by atoms with Crippen LogP contribution in [0.5, 0.6) is 0 Å². The van der Waals surface area contributed by atoms with Gasteiger partial charge < -0.3 is 0 Å². The van der Waals surface area contributed by atoms with Crippen molar-refractivity contribution in [1.82, 2.24) is 0 Å². The predicted molar refractivity (Wildman–Crippen MR) is 90.7 cm³/mol. The second-order valence-corrected chi connectivity index (χ2v) is 6.81. The van der Waals surface area contributed by atoms with Crippen molar-refractivity contribution >= 4 is 27.1 Å². The maximum absolute atomic E-state index is 11.3. The summed E-state index contributed by atoms with van der Waals surface area (Å²) in [4.78, 5) is 12.2. The van der Waals surface area contributed by atoms with E-state index in [0.29, 0.717) is 0 Å². The average Bonchev–Trinajstić information content (AvgIpc) is 2.75. The number of fused-ring (bicyclic) bond motifs is 5. The van der Waals surface area contributed by atoms with E-state index in [1.165, 1.54) is 26.1 Å². The molecule has 0 bridgehead atoms. The molecule has 0 saturated carbocycles. The molecule has 0 N–H and O–H groups in total. The molecular weight excluding hydrogens is 294 g/mol. The lowest BCUT2D eigenvalue weighted by Crippen LogP contribution is -1.97. The van der Waals surface area contributed by atoms with Crippen molar-refractivity contribution in [2.24, 2.45) is 0 Å². The molecule has 1 aliphatic rings. The summed E-state index contributed by atoms with van der Waals surface area (Å²) in [5.41, 5.74) is 4.74. The maximum Gasteiger partial charge on any atom is 0.272 e. The molecule has 1 aliphatic carbocycles. The van der Waals surface area contributed by atoms with Crippen LogP contribution in [-0.4, -0.2) is 4.92 Å². The van der Waals surface area contributed by atoms with Crippen molar-refractivity contribution < 1.29 is 4.92 Å². The van der Waals surface area contributed by atoms with Crippen molar-refractivity contribution in [2.75, 3.05) is 0 Å². The van der Waals surface area contributed by atoms with Gasteiger partial charge in [-0.25, -0.2) is 0 Å². The number of nitro groups is 1. The Morgan fingerprint density at radius 3 is 2.77 bits per heavy atom. The van der Waals surface area contributed by atoms with Gasteiger partial charge in [0.05, 0.1) is 4.92 Å². The molecule has 0 saturated heterocycles. The van der Waals surface area contributed by atoms with Crippen LogP contribution in [0.4, 0.5) is 5.69 Å². The first-order valence-electron chi connectivity index (χ1n) is 7.44. The Labute approximate surface area is 132 Å². The van der Waals surface area contributed by atoms with E-state index >= 15 is 0 Å². The Kier molecular flexibility index (Phi) is 3.01. The van der Waals surface area contributed by atoms with Crippen LogP contribution in [0, 0.1) is 17.0 Å². The second-order valence-electron chi connectivity index (χ2n) is 5.76. The Bertz CT molecular complexity index is 911. The van der Waals surface area contributed by atoms with Gasteiger partial charge in [-0.1, -0.05) is 24.3 Å². The zero-order chi connectivity index (χ0) is 15.3. The van der Waals surface area contributed by atoms with E-state index in [9.17, 15) is 10.1 Å². The molecule has 1 aromatic heterocycles. The Morgan fingerprint density at radius 2 is 1.95 bits per heavy atom. The van der Waals surface area contributed by atoms with E-state index in [0.717, 1.165) is 30.4 Å². The van der Waals surface area contributed by atoms with Gasteiger partial charge in [0, 0.05) is 26.8 Å². The van der Waals surface area contributed by atoms with Gasteiger partial charge >= 0.3 is 0 Å². The number of nitrogens with zero attached hydrogens (tertiary/aromatic N) is 1. The third-order valence-corrected chi connectivity index (χ3v) is 5.75. The zero-order valence-corrected chi connectivity index (χ0v) is 13.1. The highest BCUT2D eigenvalue weighted by Gasteiger charge is 2.25. The lowest BCUT2D eigenvalue weighted by molar-refractivity contribution is -0.385. The fraction of sp³-hybridized carbons (Fsp3) is 0.222. The highest BCUT2D eigenvalue weighted by atomic mass is 32.1. The molecular formula is C18H15NO2S. The molecule has 4 rings (SSSR count). The number of aryl methyl sites for hydroxylation is 2. The van der Waals surface area contributed by atoms with E-state index in [2.05, 4.69) is 24.3 Å². The molecule has 0 atom stereocenters. The lowest BCUT2D eigenvalue weighted by Gasteiger charge is -2.10. The van der Waals surface area contributed by atoms with Gasteiger partial charge in [-0.05, 0) is 48.8 Å². The molecule has 3 nitrogen and oxygen atoms in total. The third-order valence-electron chi connectivity index (χ3n) is 4.52. The standard InChI is InChI=1S/C18H15NO2S/c1-11-15(19(20)21)10-9-12-5-4-7-14-13-6-2-3-8-16(13)22-18(14)17(11)12/h2-3,6,8-10H,4-5,7H2,1H3. The summed E-state index contributed by atoms with van der Waals surface area (Å²) in [5, 5.41) is 12.6. The molecule has 22 heavy (non-hydrogen) atoms. The van der Waals surface area contributed by atoms with Gasteiger partial charge in [0.2, 0.25) is 0 Å². The molecule has 0 aliphatic heterocycles. The van der Waals surface area contributed by atoms with Crippen molar-refractivity contribution in [3.05, 3.63) is 63.2 Å². The Hall–Kier alpha value is -2.20. The summed E-state index contributed by atoms with van der Waals surface area (Å²) in [7, 11) is 0. The first-order chi connectivity index (χ1) is 10.7. The van der Waals surface area contributed by atoms with Crippen LogP contribution in [0.25, 0.3) is 20.5 Å². The number of hydrogen-bond donors (Lipinski definition) is 0. The van der Waals surface area contributed by atoms with Gasteiger partial charge in [-0.3, -0.25) is 10.1 Å². The third kappa shape index (κ3) is 1.87. The van der Waals surface area contributed by atoms with Crippen LogP contribution >= 0.6 is 11.3 Å². The van der Waals surface area contributed by atoms with Crippen LogP contribution in [0.1, 0.15) is 23.1 Å². The minimum absolute atomic E-state index is 0.226. The van der Waals surface area contributed by atoms with Gasteiger partial charge in [0.1, 0.15) is 0 Å². The predicted octanol–water partition coefficient (Wildman–Crippen LogP) is 5.27. The monoisotopic (exact) mass is 309 g/mol. The topological polar surface area (TPSA) is 43.1 Å². The van der Waals surface area contributed by atoms with Crippen LogP contribution in [0.3, 0.4) is 0 Å². The molecule has 1 heterocycles. The SMILES string of the molecule is Cc1c([N+](=O)[O-])ccc2c1-c1sc3ccccc3c1CCC2. The summed E-state index contributed by atoms with van der Waals surface area (Å²) >= 11 is 1.77. The molecule has 0 unspecified atom stereocenters. The number of rotatable bonds is 1. The van der Waals surface area contributed by atoms with Crippen LogP contribution in [-0.2, 0) is 12.8 Å². The highest BCUT2D eigenvalue weighted by molar-refractivity contribution is 7.22. The number of benzene rings is 2. The van der Waals surface area contributed by atoms with E-state index < -0.39 is 0 Å². The molecule has 110 valence electrons. The average molecular weight is 309 g/mol. The molecule has 0 radical (unpaired) electrons. The van der Waals surface area contributed by atoms with Crippen LogP contribution in [0.15, 0.2) is 36.4 Å². The molecule has 3 aromatic rings. The normalized spacial score (nSPS) is 13.5. The fourth-order valence-corrected chi connectivity index (χ4v) is 4.87. The summed E-state index contributed by atoms with van der Waals surface area (Å²) in [6.45, 7) is 1.89. The zero-order valence-electron chi connectivity index (χ0n) is 12.3. The van der Waals surface area contributed by atoms with Crippen molar-refractivity contribution in [1.29, 1.82) is 0 Å². The second kappa shape index (κ2) is 4.92. The van der Waals surface area contributed by atoms with Gasteiger partial charge in [0.25, 0.3) is 5.69 Å². The van der Waals surface area contributed by atoms with E-state index in [4.69, 9.17) is 0 Å². The molecule has 0 fully saturated rings. The van der Waals surface area contributed by atoms with E-state index in [1.807, 2.05) is 13.0 Å². The highest BCUT2D eigenvalue weighted by Crippen LogP contribution is 2.45. The van der Waals surface area contributed by atoms with Crippen molar-refractivity contribution in [2.45, 2.75) is 26.2 Å². The minimum Gasteiger partial charge on any atom is -0.258 e. The Morgan fingerprint density at radius 1 is 1.14 bits per heavy atom. The molecule has 0 amide bonds. The van der Waals surface area contributed by atoms with Crippen molar-refractivity contribution in [3.63, 3.8) is 0 Å². The van der Waals surface area contributed by atoms with Gasteiger partial charge in [-0.2, -0.15) is 0 Å². The smallest absolute Gasteiger partial charge is 0.258 e. The largest absolute Gasteiger partial charge is 0.272 e. The molecule has 4 heteroatoms. The maximum atomic E-state index is 11.3. The van der Waals surface area contributed by atoms with Gasteiger partial charge in [-0.15, -0.1) is 11.3 Å². The lowest BCUT2D eigenvalue weighted by atomic mass is 9.97. The molecule has 0 spiro atoms. The number of nitro benzene ring substituents is 1. The summed E-state index contributed by atoms with van der Waals surface area (Å²) in [6, 6.07) is 12.0. The molecule has 2 aromatic carbocycles. The summed E-state index contributed by atoms with van der Waals surface area (Å²) in [6.07, 6.45) is 3.13. The van der Waals surface area contributed by atoms with Gasteiger partial charge in [0.15, 0.2) is 0 Å². The number of hydrogen-bond acceptors (Lipinski definition) is 3. The minimum atomic E-state index is -0.270.